The van der Waals surface area contributed by atoms with Crippen LogP contribution in [0.25, 0.3) is 11.1 Å². The van der Waals surface area contributed by atoms with Crippen LogP contribution in [-0.2, 0) is 4.74 Å². The zero-order chi connectivity index (χ0) is 21.3. The molecular formula is C25H35NO4. The average Bonchev–Trinajstić information content (AvgIpc) is 2.78. The van der Waals surface area contributed by atoms with Crippen LogP contribution < -0.4 is 0 Å². The minimum Gasteiger partial charge on any atom is -0.395 e. The van der Waals surface area contributed by atoms with Crippen LogP contribution in [0.2, 0.25) is 0 Å². The van der Waals surface area contributed by atoms with Crippen molar-refractivity contribution in [2.45, 2.75) is 57.0 Å². The third kappa shape index (κ3) is 6.37. The second-order valence-corrected chi connectivity index (χ2v) is 8.26. The molecule has 0 aromatic heterocycles. The van der Waals surface area contributed by atoms with Gasteiger partial charge in [-0.3, -0.25) is 4.90 Å². The molecule has 1 saturated heterocycles. The van der Waals surface area contributed by atoms with Crippen LogP contribution >= 0.6 is 0 Å². The second-order valence-electron chi connectivity index (χ2n) is 8.26. The van der Waals surface area contributed by atoms with Gasteiger partial charge in [0.2, 0.25) is 0 Å². The van der Waals surface area contributed by atoms with Crippen LogP contribution in [0, 0.1) is 0 Å². The first-order valence-electron chi connectivity index (χ1n) is 11.1. The van der Waals surface area contributed by atoms with E-state index in [0.29, 0.717) is 19.6 Å². The molecule has 3 rings (SSSR count). The zero-order valence-corrected chi connectivity index (χ0v) is 17.9. The highest BCUT2D eigenvalue weighted by atomic mass is 16.5. The van der Waals surface area contributed by atoms with E-state index in [0.717, 1.165) is 25.8 Å². The molecule has 30 heavy (non-hydrogen) atoms. The predicted octanol–water partition coefficient (Wildman–Crippen LogP) is 3.39. The molecule has 3 N–H and O–H groups in total. The number of hydrogen-bond acceptors (Lipinski definition) is 5. The molecule has 1 aliphatic rings. The van der Waals surface area contributed by atoms with Gasteiger partial charge in [-0.2, -0.15) is 0 Å². The summed E-state index contributed by atoms with van der Waals surface area (Å²) in [6.07, 6.45) is 2.06. The lowest BCUT2D eigenvalue weighted by atomic mass is 9.97. The first-order chi connectivity index (χ1) is 14.6. The molecule has 0 spiro atoms. The predicted molar refractivity (Wildman–Crippen MR) is 119 cm³/mol. The maximum absolute atomic E-state index is 9.86. The minimum absolute atomic E-state index is 0.0213. The first kappa shape index (κ1) is 22.9. The van der Waals surface area contributed by atoms with Gasteiger partial charge in [-0.15, -0.1) is 0 Å². The number of piperidine rings is 1. The van der Waals surface area contributed by atoms with Crippen LogP contribution in [-0.4, -0.2) is 64.8 Å². The van der Waals surface area contributed by atoms with Crippen LogP contribution in [0.5, 0.6) is 0 Å². The van der Waals surface area contributed by atoms with E-state index >= 15 is 0 Å². The van der Waals surface area contributed by atoms with Crippen molar-refractivity contribution in [2.24, 2.45) is 0 Å². The Labute approximate surface area is 179 Å². The van der Waals surface area contributed by atoms with E-state index in [2.05, 4.69) is 60.4 Å². The van der Waals surface area contributed by atoms with Gasteiger partial charge in [0.05, 0.1) is 24.9 Å². The third-order valence-corrected chi connectivity index (χ3v) is 6.05. The smallest absolute Gasteiger partial charge is 0.0926 e. The maximum Gasteiger partial charge on any atom is 0.0926 e. The first-order valence-corrected chi connectivity index (χ1v) is 11.1. The van der Waals surface area contributed by atoms with Crippen LogP contribution in [0.4, 0.5) is 0 Å². The Morgan fingerprint density at radius 2 is 1.63 bits per heavy atom. The molecule has 5 heteroatoms. The Morgan fingerprint density at radius 3 is 2.33 bits per heavy atom. The summed E-state index contributed by atoms with van der Waals surface area (Å²) in [5.41, 5.74) is 3.61. The molecular weight excluding hydrogens is 378 g/mol. The van der Waals surface area contributed by atoms with Crippen molar-refractivity contribution in [1.82, 2.24) is 4.90 Å². The second kappa shape index (κ2) is 11.6. The fraction of sp³-hybridized carbons (Fsp3) is 0.520. The summed E-state index contributed by atoms with van der Waals surface area (Å²) in [5, 5.41) is 29.1. The van der Waals surface area contributed by atoms with Gasteiger partial charge in [0, 0.05) is 19.2 Å². The highest BCUT2D eigenvalue weighted by molar-refractivity contribution is 5.63. The Morgan fingerprint density at radius 1 is 0.933 bits per heavy atom. The quantitative estimate of drug-likeness (QED) is 0.521. The van der Waals surface area contributed by atoms with E-state index in [1.54, 1.807) is 0 Å². The molecule has 1 unspecified atom stereocenters. The van der Waals surface area contributed by atoms with Crippen molar-refractivity contribution in [3.05, 3.63) is 60.2 Å². The van der Waals surface area contributed by atoms with Crippen LogP contribution in [0.15, 0.2) is 54.6 Å². The van der Waals surface area contributed by atoms with E-state index in [9.17, 15) is 15.3 Å². The lowest BCUT2D eigenvalue weighted by Gasteiger charge is -2.39. The number of aliphatic hydroxyl groups excluding tert-OH is 3. The van der Waals surface area contributed by atoms with Crippen molar-refractivity contribution in [1.29, 1.82) is 0 Å². The van der Waals surface area contributed by atoms with Gasteiger partial charge in [-0.05, 0) is 55.8 Å². The Bertz CT molecular complexity index is 737. The van der Waals surface area contributed by atoms with Crippen molar-refractivity contribution in [3.8, 4) is 11.1 Å². The van der Waals surface area contributed by atoms with Gasteiger partial charge in [0.1, 0.15) is 0 Å². The van der Waals surface area contributed by atoms with Crippen LogP contribution in [0.1, 0.15) is 44.3 Å². The summed E-state index contributed by atoms with van der Waals surface area (Å²) in [4.78, 5) is 2.09. The summed E-state index contributed by atoms with van der Waals surface area (Å²) in [6, 6.07) is 18.9. The van der Waals surface area contributed by atoms with Crippen molar-refractivity contribution < 1.29 is 20.1 Å². The largest absolute Gasteiger partial charge is 0.395 e. The molecule has 0 bridgehead atoms. The number of hydrogen-bond donors (Lipinski definition) is 3. The molecule has 1 heterocycles. The summed E-state index contributed by atoms with van der Waals surface area (Å²) < 4.78 is 6.01. The van der Waals surface area contributed by atoms with E-state index < -0.39 is 12.2 Å². The normalized spacial score (nSPS) is 23.4. The minimum atomic E-state index is -0.727. The Kier molecular flexibility index (Phi) is 8.85. The summed E-state index contributed by atoms with van der Waals surface area (Å²) >= 11 is 0. The van der Waals surface area contributed by atoms with Gasteiger partial charge < -0.3 is 20.1 Å². The third-order valence-electron chi connectivity index (χ3n) is 6.05. The molecule has 1 aliphatic heterocycles. The van der Waals surface area contributed by atoms with Crippen molar-refractivity contribution in [2.75, 3.05) is 26.3 Å². The highest BCUT2D eigenvalue weighted by Crippen LogP contribution is 2.24. The van der Waals surface area contributed by atoms with E-state index in [1.807, 2.05) is 6.07 Å². The summed E-state index contributed by atoms with van der Waals surface area (Å²) in [6.45, 7) is 4.08. The lowest BCUT2D eigenvalue weighted by Crippen LogP contribution is -2.53. The van der Waals surface area contributed by atoms with Gasteiger partial charge in [0.15, 0.2) is 0 Å². The molecule has 1 fully saturated rings. The van der Waals surface area contributed by atoms with E-state index in [-0.39, 0.29) is 18.8 Å². The molecule has 0 saturated carbocycles. The Balaban J connectivity index is 1.34. The molecule has 164 valence electrons. The van der Waals surface area contributed by atoms with E-state index in [1.165, 1.54) is 16.7 Å². The van der Waals surface area contributed by atoms with Crippen molar-refractivity contribution in [3.63, 3.8) is 0 Å². The maximum atomic E-state index is 9.86. The molecule has 0 amide bonds. The van der Waals surface area contributed by atoms with Gasteiger partial charge in [-0.25, -0.2) is 0 Å². The molecule has 2 aromatic rings. The standard InChI is InChI=1S/C25H35NO4/c1-19(20-10-12-22(13-11-20)21-8-4-2-5-9-21)30-15-7-3-6-14-26-17-25(29)24(28)16-23(26)18-27/h2,4-5,8-13,19,23-25,27-29H,3,6-7,14-18H2,1H3/t19-,23-,24?,25+/m1/s1. The number of aliphatic hydroxyl groups is 3. The van der Waals surface area contributed by atoms with Crippen molar-refractivity contribution >= 4 is 0 Å². The molecule has 4 atom stereocenters. The van der Waals surface area contributed by atoms with E-state index in [4.69, 9.17) is 4.74 Å². The zero-order valence-electron chi connectivity index (χ0n) is 17.9. The van der Waals surface area contributed by atoms with Crippen LogP contribution in [0.3, 0.4) is 0 Å². The molecule has 2 aromatic carbocycles. The van der Waals surface area contributed by atoms with Gasteiger partial charge in [0.25, 0.3) is 0 Å². The number of ether oxygens (including phenoxy) is 1. The summed E-state index contributed by atoms with van der Waals surface area (Å²) in [7, 11) is 0. The number of nitrogens with zero attached hydrogens (tertiary/aromatic N) is 1. The molecule has 5 nitrogen and oxygen atoms in total. The number of likely N-dealkylation sites (tertiary alicyclic amines) is 1. The SMILES string of the molecule is C[C@@H](OCCCCCN1C[C@H](O)C(O)C[C@@H]1CO)c1ccc(-c2ccccc2)cc1. The van der Waals surface area contributed by atoms with Gasteiger partial charge in [-0.1, -0.05) is 54.6 Å². The number of rotatable bonds is 10. The molecule has 0 aliphatic carbocycles. The number of unbranched alkanes of at least 4 members (excludes halogenated alkanes) is 2. The van der Waals surface area contributed by atoms with Gasteiger partial charge >= 0.3 is 0 Å². The fourth-order valence-electron chi connectivity index (χ4n) is 4.09. The monoisotopic (exact) mass is 413 g/mol. The highest BCUT2D eigenvalue weighted by Gasteiger charge is 2.32. The average molecular weight is 414 g/mol. The topological polar surface area (TPSA) is 73.2 Å². The molecule has 0 radical (unpaired) electrons. The number of β-amino-alcohol motifs (C(OH)–C–C–N with tert-alkyl or cyclic N) is 1. The Hall–Kier alpha value is -1.76. The fourth-order valence-corrected chi connectivity index (χ4v) is 4.09. The summed E-state index contributed by atoms with van der Waals surface area (Å²) in [5.74, 6) is 0. The number of benzene rings is 2. The lowest BCUT2D eigenvalue weighted by molar-refractivity contribution is -0.0711.